The lowest BCUT2D eigenvalue weighted by molar-refractivity contribution is 0.190. The second kappa shape index (κ2) is 5.40. The van der Waals surface area contributed by atoms with Gasteiger partial charge in [0.15, 0.2) is 4.77 Å². The minimum atomic E-state index is 0.527. The molecule has 0 aliphatic heterocycles. The Labute approximate surface area is 114 Å². The van der Waals surface area contributed by atoms with E-state index in [1.54, 1.807) is 13.2 Å². The van der Waals surface area contributed by atoms with E-state index in [-0.39, 0.29) is 0 Å². The summed E-state index contributed by atoms with van der Waals surface area (Å²) in [5.74, 6) is 0. The van der Waals surface area contributed by atoms with E-state index in [4.69, 9.17) is 40.2 Å². The second-order valence-electron chi connectivity index (χ2n) is 3.71. The highest BCUT2D eigenvalue weighted by molar-refractivity contribution is 7.71. The Bertz CT molecular complexity index is 591. The summed E-state index contributed by atoms with van der Waals surface area (Å²) in [6.45, 7) is 1.50. The lowest BCUT2D eigenvalue weighted by Crippen LogP contribution is -2.01. The Kier molecular flexibility index (Phi) is 4.09. The number of nitrogens with one attached hydrogen (secondary N) is 1. The van der Waals surface area contributed by atoms with E-state index in [1.165, 1.54) is 0 Å². The van der Waals surface area contributed by atoms with Crippen molar-refractivity contribution in [3.05, 3.63) is 26.9 Å². The van der Waals surface area contributed by atoms with Crippen molar-refractivity contribution in [2.75, 3.05) is 13.7 Å². The molecule has 3 nitrogen and oxygen atoms in total. The van der Waals surface area contributed by atoms with Gasteiger partial charge in [0, 0.05) is 20.3 Å². The van der Waals surface area contributed by atoms with E-state index >= 15 is 0 Å². The summed E-state index contributed by atoms with van der Waals surface area (Å²) < 4.78 is 7.71. The van der Waals surface area contributed by atoms with Crippen LogP contribution in [0.3, 0.4) is 0 Å². The predicted molar refractivity (Wildman–Crippen MR) is 73.6 cm³/mol. The zero-order valence-corrected chi connectivity index (χ0v) is 11.6. The van der Waals surface area contributed by atoms with Crippen molar-refractivity contribution in [1.29, 1.82) is 0 Å². The number of benzene rings is 1. The van der Waals surface area contributed by atoms with Crippen LogP contribution in [0.5, 0.6) is 0 Å². The molecule has 0 radical (unpaired) electrons. The molecule has 0 fully saturated rings. The summed E-state index contributed by atoms with van der Waals surface area (Å²) in [5, 5.41) is 1.06. The average Bonchev–Trinajstić information content (AvgIpc) is 2.57. The number of H-pyrrole nitrogens is 1. The normalized spacial score (nSPS) is 11.2. The molecule has 0 saturated heterocycles. The Hall–Kier alpha value is -0.550. The first kappa shape index (κ1) is 12.9. The number of halogens is 2. The molecule has 17 heavy (non-hydrogen) atoms. The van der Waals surface area contributed by atoms with Crippen LogP contribution >= 0.6 is 35.4 Å². The number of rotatable bonds is 4. The Morgan fingerprint density at radius 1 is 1.35 bits per heavy atom. The number of aromatic nitrogens is 2. The molecule has 0 aliphatic rings. The standard InChI is InChI=1S/C11H12Cl2N2OS/c1-16-4-2-3-15-10-6-8(13)7(12)5-9(10)14-11(15)17/h5-6H,2-4H2,1H3,(H,14,17). The first-order valence-electron chi connectivity index (χ1n) is 5.20. The maximum absolute atomic E-state index is 6.01. The quantitative estimate of drug-likeness (QED) is 0.680. The fourth-order valence-electron chi connectivity index (χ4n) is 1.74. The minimum Gasteiger partial charge on any atom is -0.385 e. The molecular formula is C11H12Cl2N2OS. The maximum atomic E-state index is 6.01. The molecule has 0 unspecified atom stereocenters. The van der Waals surface area contributed by atoms with Crippen LogP contribution in [0, 0.1) is 4.77 Å². The van der Waals surface area contributed by atoms with E-state index in [2.05, 4.69) is 4.98 Å². The van der Waals surface area contributed by atoms with Crippen LogP contribution in [0.1, 0.15) is 6.42 Å². The molecule has 0 spiro atoms. The van der Waals surface area contributed by atoms with Crippen LogP contribution in [0.15, 0.2) is 12.1 Å². The first-order valence-corrected chi connectivity index (χ1v) is 6.36. The van der Waals surface area contributed by atoms with Gasteiger partial charge in [0.05, 0.1) is 21.1 Å². The topological polar surface area (TPSA) is 29.9 Å². The van der Waals surface area contributed by atoms with Gasteiger partial charge in [-0.3, -0.25) is 0 Å². The predicted octanol–water partition coefficient (Wildman–Crippen LogP) is 4.04. The second-order valence-corrected chi connectivity index (χ2v) is 4.91. The van der Waals surface area contributed by atoms with Gasteiger partial charge in [-0.25, -0.2) is 0 Å². The molecule has 2 aromatic rings. The summed E-state index contributed by atoms with van der Waals surface area (Å²) in [4.78, 5) is 3.12. The van der Waals surface area contributed by atoms with Gasteiger partial charge in [-0.1, -0.05) is 23.2 Å². The molecule has 0 saturated carbocycles. The molecule has 6 heteroatoms. The Balaban J connectivity index is 2.44. The van der Waals surface area contributed by atoms with E-state index in [0.717, 1.165) is 24.0 Å². The van der Waals surface area contributed by atoms with Crippen LogP contribution in [-0.2, 0) is 11.3 Å². The number of hydrogen-bond acceptors (Lipinski definition) is 2. The van der Waals surface area contributed by atoms with Crippen molar-refractivity contribution in [2.24, 2.45) is 0 Å². The highest BCUT2D eigenvalue weighted by Gasteiger charge is 2.07. The molecule has 0 aliphatic carbocycles. The van der Waals surface area contributed by atoms with E-state index in [9.17, 15) is 0 Å². The number of methoxy groups -OCH3 is 1. The Morgan fingerprint density at radius 2 is 2.06 bits per heavy atom. The van der Waals surface area contributed by atoms with E-state index in [1.807, 2.05) is 10.6 Å². The third-order valence-corrected chi connectivity index (χ3v) is 3.59. The van der Waals surface area contributed by atoms with Gasteiger partial charge in [-0.05, 0) is 30.8 Å². The third-order valence-electron chi connectivity index (χ3n) is 2.55. The van der Waals surface area contributed by atoms with Crippen molar-refractivity contribution in [3.8, 4) is 0 Å². The number of ether oxygens (including phenoxy) is 1. The zero-order valence-electron chi connectivity index (χ0n) is 9.30. The summed E-state index contributed by atoms with van der Waals surface area (Å²) >= 11 is 17.2. The van der Waals surface area contributed by atoms with Gasteiger partial charge in [-0.2, -0.15) is 0 Å². The van der Waals surface area contributed by atoms with Crippen molar-refractivity contribution in [3.63, 3.8) is 0 Å². The van der Waals surface area contributed by atoms with Gasteiger partial charge >= 0.3 is 0 Å². The van der Waals surface area contributed by atoms with Crippen LogP contribution in [0.25, 0.3) is 11.0 Å². The molecule has 1 N–H and O–H groups in total. The fraction of sp³-hybridized carbons (Fsp3) is 0.364. The molecule has 0 atom stereocenters. The number of fused-ring (bicyclic) bond motifs is 1. The largest absolute Gasteiger partial charge is 0.385 e. The third kappa shape index (κ3) is 2.65. The Morgan fingerprint density at radius 3 is 2.76 bits per heavy atom. The SMILES string of the molecule is COCCCn1c(=S)[nH]c2cc(Cl)c(Cl)cc21. The summed E-state index contributed by atoms with van der Waals surface area (Å²) in [7, 11) is 1.69. The van der Waals surface area contributed by atoms with E-state index < -0.39 is 0 Å². The van der Waals surface area contributed by atoms with Crippen LogP contribution in [-0.4, -0.2) is 23.3 Å². The number of aromatic amines is 1. The number of nitrogens with zero attached hydrogens (tertiary/aromatic N) is 1. The van der Waals surface area contributed by atoms with E-state index in [0.29, 0.717) is 21.4 Å². The molecular weight excluding hydrogens is 279 g/mol. The summed E-state index contributed by atoms with van der Waals surface area (Å²) in [5.41, 5.74) is 1.88. The molecule has 1 aromatic heterocycles. The van der Waals surface area contributed by atoms with Gasteiger partial charge in [-0.15, -0.1) is 0 Å². The number of imidazole rings is 1. The van der Waals surface area contributed by atoms with Gasteiger partial charge in [0.1, 0.15) is 0 Å². The zero-order chi connectivity index (χ0) is 12.4. The minimum absolute atomic E-state index is 0.527. The highest BCUT2D eigenvalue weighted by Crippen LogP contribution is 2.27. The lowest BCUT2D eigenvalue weighted by Gasteiger charge is -2.04. The smallest absolute Gasteiger partial charge is 0.178 e. The van der Waals surface area contributed by atoms with Gasteiger partial charge in [0.25, 0.3) is 0 Å². The molecule has 2 rings (SSSR count). The molecule has 0 bridgehead atoms. The van der Waals surface area contributed by atoms with Crippen LogP contribution < -0.4 is 0 Å². The fourth-order valence-corrected chi connectivity index (χ4v) is 2.36. The first-order chi connectivity index (χ1) is 8.13. The maximum Gasteiger partial charge on any atom is 0.178 e. The number of hydrogen-bond donors (Lipinski definition) is 1. The monoisotopic (exact) mass is 290 g/mol. The summed E-state index contributed by atoms with van der Waals surface area (Å²) in [6.07, 6.45) is 0.901. The highest BCUT2D eigenvalue weighted by atomic mass is 35.5. The molecule has 92 valence electrons. The molecule has 1 heterocycles. The van der Waals surface area contributed by atoms with Gasteiger partial charge in [0.2, 0.25) is 0 Å². The molecule has 0 amide bonds. The molecule has 1 aromatic carbocycles. The number of aryl methyl sites for hydroxylation is 1. The average molecular weight is 291 g/mol. The lowest BCUT2D eigenvalue weighted by atomic mass is 10.3. The van der Waals surface area contributed by atoms with Crippen molar-refractivity contribution in [1.82, 2.24) is 9.55 Å². The summed E-state index contributed by atoms with van der Waals surface area (Å²) in [6, 6.07) is 3.63. The van der Waals surface area contributed by atoms with Crippen molar-refractivity contribution >= 4 is 46.5 Å². The van der Waals surface area contributed by atoms with Crippen LogP contribution in [0.4, 0.5) is 0 Å². The van der Waals surface area contributed by atoms with Crippen molar-refractivity contribution < 1.29 is 4.74 Å². The van der Waals surface area contributed by atoms with Crippen LogP contribution in [0.2, 0.25) is 10.0 Å². The van der Waals surface area contributed by atoms with Crippen molar-refractivity contribution in [2.45, 2.75) is 13.0 Å². The van der Waals surface area contributed by atoms with Gasteiger partial charge < -0.3 is 14.3 Å².